The molecule has 0 saturated carbocycles. The molecule has 0 bridgehead atoms. The van der Waals surface area contributed by atoms with Crippen LogP contribution in [0.15, 0.2) is 22.9 Å². The maximum atomic E-state index is 5.51. The SMILES string of the molecule is CCCNc1ncnc(NCc2ccc(C)o2)c1OC. The van der Waals surface area contributed by atoms with Crippen molar-refractivity contribution in [3.8, 4) is 5.75 Å². The van der Waals surface area contributed by atoms with E-state index >= 15 is 0 Å². The van der Waals surface area contributed by atoms with Crippen molar-refractivity contribution in [3.05, 3.63) is 30.0 Å². The summed E-state index contributed by atoms with van der Waals surface area (Å²) in [6, 6.07) is 3.87. The van der Waals surface area contributed by atoms with Gasteiger partial charge in [0.1, 0.15) is 17.8 Å². The van der Waals surface area contributed by atoms with E-state index in [9.17, 15) is 0 Å². The molecule has 0 atom stereocenters. The second kappa shape index (κ2) is 6.79. The fourth-order valence-electron chi connectivity index (χ4n) is 1.81. The van der Waals surface area contributed by atoms with Gasteiger partial charge in [0.2, 0.25) is 5.75 Å². The number of hydrogen-bond acceptors (Lipinski definition) is 6. The molecule has 2 N–H and O–H groups in total. The summed E-state index contributed by atoms with van der Waals surface area (Å²) in [6.07, 6.45) is 2.53. The zero-order valence-corrected chi connectivity index (χ0v) is 12.1. The number of anilines is 2. The highest BCUT2D eigenvalue weighted by Crippen LogP contribution is 2.29. The Morgan fingerprint density at radius 3 is 2.55 bits per heavy atom. The molecule has 0 aliphatic rings. The molecule has 0 amide bonds. The van der Waals surface area contributed by atoms with Crippen molar-refractivity contribution >= 4 is 11.6 Å². The molecule has 2 aromatic heterocycles. The lowest BCUT2D eigenvalue weighted by Gasteiger charge is -2.13. The van der Waals surface area contributed by atoms with E-state index in [-0.39, 0.29) is 0 Å². The second-order valence-corrected chi connectivity index (χ2v) is 4.40. The predicted molar refractivity (Wildman–Crippen MR) is 78.1 cm³/mol. The third kappa shape index (κ3) is 3.40. The lowest BCUT2D eigenvalue weighted by atomic mass is 10.4. The van der Waals surface area contributed by atoms with Crippen LogP contribution >= 0.6 is 0 Å². The minimum absolute atomic E-state index is 0.550. The number of nitrogens with one attached hydrogen (secondary N) is 2. The van der Waals surface area contributed by atoms with Gasteiger partial charge in [-0.3, -0.25) is 0 Å². The number of ether oxygens (including phenoxy) is 1. The van der Waals surface area contributed by atoms with E-state index < -0.39 is 0 Å². The Morgan fingerprint density at radius 1 is 1.20 bits per heavy atom. The number of nitrogens with zero attached hydrogens (tertiary/aromatic N) is 2. The molecular formula is C14H20N4O2. The van der Waals surface area contributed by atoms with E-state index in [4.69, 9.17) is 9.15 Å². The molecule has 2 rings (SSSR count). The molecule has 0 aliphatic carbocycles. The van der Waals surface area contributed by atoms with Crippen LogP contribution in [0.4, 0.5) is 11.6 Å². The molecule has 2 aromatic rings. The van der Waals surface area contributed by atoms with E-state index in [1.807, 2.05) is 19.1 Å². The minimum Gasteiger partial charge on any atom is -0.490 e. The van der Waals surface area contributed by atoms with Crippen molar-refractivity contribution in [2.24, 2.45) is 0 Å². The Hall–Kier alpha value is -2.24. The van der Waals surface area contributed by atoms with Crippen molar-refractivity contribution in [3.63, 3.8) is 0 Å². The standard InChI is InChI=1S/C14H20N4O2/c1-4-7-15-13-12(19-3)14(18-9-17-13)16-8-11-6-5-10(2)20-11/h5-6,9H,4,7-8H2,1-3H3,(H2,15,16,17,18). The van der Waals surface area contributed by atoms with Gasteiger partial charge in [0.25, 0.3) is 0 Å². The van der Waals surface area contributed by atoms with Crippen LogP contribution in [-0.2, 0) is 6.54 Å². The van der Waals surface area contributed by atoms with Crippen molar-refractivity contribution in [2.45, 2.75) is 26.8 Å². The number of rotatable bonds is 7. The average Bonchev–Trinajstić information content (AvgIpc) is 2.88. The first-order valence-electron chi connectivity index (χ1n) is 6.66. The Balaban J connectivity index is 2.10. The molecule has 0 aliphatic heterocycles. The largest absolute Gasteiger partial charge is 0.490 e. The summed E-state index contributed by atoms with van der Waals surface area (Å²) in [5.74, 6) is 3.70. The first-order chi connectivity index (χ1) is 9.74. The molecule has 6 heteroatoms. The van der Waals surface area contributed by atoms with Crippen molar-refractivity contribution in [1.82, 2.24) is 9.97 Å². The van der Waals surface area contributed by atoms with Crippen LogP contribution < -0.4 is 15.4 Å². The lowest BCUT2D eigenvalue weighted by Crippen LogP contribution is -2.08. The van der Waals surface area contributed by atoms with Crippen molar-refractivity contribution in [1.29, 1.82) is 0 Å². The fraction of sp³-hybridized carbons (Fsp3) is 0.429. The van der Waals surface area contributed by atoms with Gasteiger partial charge in [-0.2, -0.15) is 0 Å². The predicted octanol–water partition coefficient (Wildman–Crippen LogP) is 2.82. The van der Waals surface area contributed by atoms with Crippen LogP contribution in [0.1, 0.15) is 24.9 Å². The third-order valence-electron chi connectivity index (χ3n) is 2.78. The summed E-state index contributed by atoms with van der Waals surface area (Å²) in [4.78, 5) is 8.41. The lowest BCUT2D eigenvalue weighted by molar-refractivity contribution is 0.414. The van der Waals surface area contributed by atoms with E-state index in [1.54, 1.807) is 7.11 Å². The van der Waals surface area contributed by atoms with Crippen LogP contribution in [0, 0.1) is 6.92 Å². The van der Waals surface area contributed by atoms with Gasteiger partial charge in [-0.25, -0.2) is 9.97 Å². The summed E-state index contributed by atoms with van der Waals surface area (Å²) in [7, 11) is 1.61. The van der Waals surface area contributed by atoms with Gasteiger partial charge in [-0.1, -0.05) is 6.92 Å². The second-order valence-electron chi connectivity index (χ2n) is 4.40. The summed E-state index contributed by atoms with van der Waals surface area (Å²) in [6.45, 7) is 5.40. The molecule has 0 saturated heterocycles. The molecular weight excluding hydrogens is 256 g/mol. The zero-order valence-electron chi connectivity index (χ0n) is 12.1. The fourth-order valence-corrected chi connectivity index (χ4v) is 1.81. The van der Waals surface area contributed by atoms with Gasteiger partial charge in [0.15, 0.2) is 11.6 Å². The first-order valence-corrected chi connectivity index (χ1v) is 6.66. The normalized spacial score (nSPS) is 10.3. The summed E-state index contributed by atoms with van der Waals surface area (Å²) in [5.41, 5.74) is 0. The maximum Gasteiger partial charge on any atom is 0.204 e. The molecule has 108 valence electrons. The van der Waals surface area contributed by atoms with Crippen LogP contribution in [0.2, 0.25) is 0 Å². The Morgan fingerprint density at radius 2 is 1.95 bits per heavy atom. The maximum absolute atomic E-state index is 5.51. The number of aromatic nitrogens is 2. The summed E-state index contributed by atoms with van der Waals surface area (Å²) >= 11 is 0. The van der Waals surface area contributed by atoms with Crippen molar-refractivity contribution < 1.29 is 9.15 Å². The molecule has 20 heavy (non-hydrogen) atoms. The molecule has 0 fully saturated rings. The quantitative estimate of drug-likeness (QED) is 0.810. The Bertz CT molecular complexity index is 554. The molecule has 0 radical (unpaired) electrons. The van der Waals surface area contributed by atoms with Crippen LogP contribution in [0.5, 0.6) is 5.75 Å². The summed E-state index contributed by atoms with van der Waals surface area (Å²) < 4.78 is 10.9. The van der Waals surface area contributed by atoms with E-state index in [0.717, 1.165) is 24.5 Å². The highest BCUT2D eigenvalue weighted by Gasteiger charge is 2.11. The molecule has 6 nitrogen and oxygen atoms in total. The first kappa shape index (κ1) is 14.2. The minimum atomic E-state index is 0.550. The number of aryl methyl sites for hydroxylation is 1. The van der Waals surface area contributed by atoms with Gasteiger partial charge in [-0.05, 0) is 25.5 Å². The number of methoxy groups -OCH3 is 1. The third-order valence-corrected chi connectivity index (χ3v) is 2.78. The monoisotopic (exact) mass is 276 g/mol. The molecule has 0 unspecified atom stereocenters. The Kier molecular flexibility index (Phi) is 4.81. The van der Waals surface area contributed by atoms with Crippen LogP contribution in [0.3, 0.4) is 0 Å². The van der Waals surface area contributed by atoms with Gasteiger partial charge in [-0.15, -0.1) is 0 Å². The zero-order chi connectivity index (χ0) is 14.4. The number of furan rings is 1. The van der Waals surface area contributed by atoms with E-state index in [1.165, 1.54) is 6.33 Å². The molecule has 0 aromatic carbocycles. The Labute approximate surface area is 118 Å². The van der Waals surface area contributed by atoms with Gasteiger partial charge < -0.3 is 19.8 Å². The molecule has 2 heterocycles. The summed E-state index contributed by atoms with van der Waals surface area (Å²) in [5, 5.41) is 6.42. The molecule has 0 spiro atoms. The van der Waals surface area contributed by atoms with Gasteiger partial charge >= 0.3 is 0 Å². The van der Waals surface area contributed by atoms with Gasteiger partial charge in [0, 0.05) is 6.54 Å². The van der Waals surface area contributed by atoms with Crippen molar-refractivity contribution in [2.75, 3.05) is 24.3 Å². The highest BCUT2D eigenvalue weighted by molar-refractivity contribution is 5.63. The average molecular weight is 276 g/mol. The number of hydrogen-bond donors (Lipinski definition) is 2. The smallest absolute Gasteiger partial charge is 0.204 e. The van der Waals surface area contributed by atoms with Crippen LogP contribution in [0.25, 0.3) is 0 Å². The van der Waals surface area contributed by atoms with Gasteiger partial charge in [0.05, 0.1) is 13.7 Å². The highest BCUT2D eigenvalue weighted by atomic mass is 16.5. The van der Waals surface area contributed by atoms with E-state index in [0.29, 0.717) is 23.9 Å². The van der Waals surface area contributed by atoms with E-state index in [2.05, 4.69) is 27.5 Å². The topological polar surface area (TPSA) is 72.2 Å². The van der Waals surface area contributed by atoms with Crippen LogP contribution in [-0.4, -0.2) is 23.6 Å².